The normalized spacial score (nSPS) is 10.5. The molecule has 0 aliphatic rings. The van der Waals surface area contributed by atoms with Crippen LogP contribution in [0.2, 0.25) is 0 Å². The summed E-state index contributed by atoms with van der Waals surface area (Å²) in [5.74, 6) is 4.84. The summed E-state index contributed by atoms with van der Waals surface area (Å²) in [5, 5.41) is 0. The molecule has 0 heterocycles. The predicted molar refractivity (Wildman–Crippen MR) is 57.0 cm³/mol. The van der Waals surface area contributed by atoms with Crippen LogP contribution in [0.5, 0.6) is 0 Å². The summed E-state index contributed by atoms with van der Waals surface area (Å²) in [5.41, 5.74) is 0. The molecule has 0 bridgehead atoms. The lowest BCUT2D eigenvalue weighted by molar-refractivity contribution is 0.0740. The van der Waals surface area contributed by atoms with E-state index in [0.29, 0.717) is 6.61 Å². The number of nitrogens with two attached hydrogens (primary N) is 1. The van der Waals surface area contributed by atoms with Crippen LogP contribution in [-0.4, -0.2) is 30.6 Å². The molecule has 76 valence electrons. The van der Waals surface area contributed by atoms with Gasteiger partial charge in [0.1, 0.15) is 12.2 Å². The molecule has 0 aromatic rings. The molecular weight excluding hydrogens is 196 g/mol. The maximum Gasteiger partial charge on any atom is 0.104 e. The minimum Gasteiger partial charge on any atom is -0.377 e. The van der Waals surface area contributed by atoms with E-state index in [-0.39, 0.29) is 19.6 Å². The highest BCUT2D eigenvalue weighted by atomic mass is 32.2. The van der Waals surface area contributed by atoms with Crippen LogP contribution >= 0.6 is 25.7 Å². The van der Waals surface area contributed by atoms with Crippen molar-refractivity contribution in [3.05, 3.63) is 0 Å². The standard InChI is InChI=1S/C6H16N2O2S.H2S/c1-6(2)9-5-4-8(3)11-10-7;/h6H,4-5,7H2,1-3H3;1H2. The maximum absolute atomic E-state index is 5.31. The fraction of sp³-hybridized carbons (Fsp3) is 1.00. The van der Waals surface area contributed by atoms with Crippen LogP contribution in [0.3, 0.4) is 0 Å². The fourth-order valence-corrected chi connectivity index (χ4v) is 0.824. The molecule has 12 heavy (non-hydrogen) atoms. The minimum atomic E-state index is 0. The van der Waals surface area contributed by atoms with Crippen molar-refractivity contribution in [1.29, 1.82) is 0 Å². The number of hydrogen-bond donors (Lipinski definition) is 1. The van der Waals surface area contributed by atoms with Crippen molar-refractivity contribution in [2.24, 2.45) is 5.90 Å². The number of ether oxygens (including phenoxy) is 1. The topological polar surface area (TPSA) is 47.7 Å². The molecular formula is C6H18N2O2S2. The Kier molecular flexibility index (Phi) is 12.1. The molecule has 0 spiro atoms. The molecule has 6 heteroatoms. The summed E-state index contributed by atoms with van der Waals surface area (Å²) in [6.07, 6.45) is 0.284. The Morgan fingerprint density at radius 3 is 2.50 bits per heavy atom. The smallest absolute Gasteiger partial charge is 0.104 e. The Morgan fingerprint density at radius 2 is 2.08 bits per heavy atom. The monoisotopic (exact) mass is 214 g/mol. The minimum absolute atomic E-state index is 0. The van der Waals surface area contributed by atoms with Crippen LogP contribution < -0.4 is 5.90 Å². The number of hydrogen-bond acceptors (Lipinski definition) is 5. The Bertz CT molecular complexity index is 95.6. The van der Waals surface area contributed by atoms with E-state index in [2.05, 4.69) is 4.28 Å². The highest BCUT2D eigenvalue weighted by Gasteiger charge is 1.99. The van der Waals surface area contributed by atoms with Crippen LogP contribution in [0.25, 0.3) is 0 Å². The largest absolute Gasteiger partial charge is 0.377 e. The first-order chi connectivity index (χ1) is 5.16. The van der Waals surface area contributed by atoms with Crippen molar-refractivity contribution in [1.82, 2.24) is 4.31 Å². The van der Waals surface area contributed by atoms with Gasteiger partial charge in [0.2, 0.25) is 0 Å². The van der Waals surface area contributed by atoms with E-state index in [4.69, 9.17) is 10.6 Å². The molecule has 0 amide bonds. The maximum atomic E-state index is 5.31. The quantitative estimate of drug-likeness (QED) is 0.404. The van der Waals surface area contributed by atoms with Crippen LogP contribution in [0.1, 0.15) is 13.8 Å². The average Bonchev–Trinajstić information content (AvgIpc) is 1.87. The summed E-state index contributed by atoms with van der Waals surface area (Å²) in [6, 6.07) is 0. The molecule has 0 saturated carbocycles. The van der Waals surface area contributed by atoms with Gasteiger partial charge in [0.15, 0.2) is 0 Å². The molecule has 0 saturated heterocycles. The van der Waals surface area contributed by atoms with Crippen molar-refractivity contribution in [3.8, 4) is 0 Å². The second-order valence-electron chi connectivity index (χ2n) is 2.44. The Labute approximate surface area is 85.5 Å². The van der Waals surface area contributed by atoms with E-state index in [0.717, 1.165) is 18.8 Å². The Morgan fingerprint density at radius 1 is 1.50 bits per heavy atom. The van der Waals surface area contributed by atoms with Gasteiger partial charge < -0.3 is 4.74 Å². The SMILES string of the molecule is CC(C)OCCN(C)SON.S. The van der Waals surface area contributed by atoms with Gasteiger partial charge >= 0.3 is 0 Å². The van der Waals surface area contributed by atoms with Gasteiger partial charge in [-0.15, -0.1) is 0 Å². The molecule has 0 atom stereocenters. The summed E-state index contributed by atoms with van der Waals surface area (Å²) < 4.78 is 11.5. The molecule has 0 aromatic heterocycles. The molecule has 0 aliphatic carbocycles. The van der Waals surface area contributed by atoms with E-state index in [1.165, 1.54) is 0 Å². The third-order valence-corrected chi connectivity index (χ3v) is 1.55. The van der Waals surface area contributed by atoms with E-state index in [9.17, 15) is 0 Å². The Hall–Kier alpha value is 0.540. The third kappa shape index (κ3) is 10.5. The van der Waals surface area contributed by atoms with Gasteiger partial charge in [-0.2, -0.15) is 13.5 Å². The Balaban J connectivity index is 0. The number of nitrogens with zero attached hydrogens (tertiary/aromatic N) is 1. The lowest BCUT2D eigenvalue weighted by Gasteiger charge is -2.13. The highest BCUT2D eigenvalue weighted by molar-refractivity contribution is 7.92. The fourth-order valence-electron chi connectivity index (χ4n) is 0.528. The van der Waals surface area contributed by atoms with E-state index < -0.39 is 0 Å². The molecule has 0 aliphatic heterocycles. The number of rotatable bonds is 6. The first-order valence-corrected chi connectivity index (χ1v) is 4.23. The molecule has 0 unspecified atom stereocenters. The zero-order valence-corrected chi connectivity index (χ0v) is 9.56. The van der Waals surface area contributed by atoms with Gasteiger partial charge in [-0.05, 0) is 20.9 Å². The zero-order chi connectivity index (χ0) is 8.69. The average molecular weight is 214 g/mol. The van der Waals surface area contributed by atoms with Crippen molar-refractivity contribution in [2.75, 3.05) is 20.2 Å². The first kappa shape index (κ1) is 15.0. The predicted octanol–water partition coefficient (Wildman–Crippen LogP) is 0.909. The van der Waals surface area contributed by atoms with Crippen LogP contribution in [-0.2, 0) is 9.02 Å². The summed E-state index contributed by atoms with van der Waals surface area (Å²) in [6.45, 7) is 5.52. The molecule has 4 nitrogen and oxygen atoms in total. The van der Waals surface area contributed by atoms with Gasteiger partial charge in [0.25, 0.3) is 0 Å². The van der Waals surface area contributed by atoms with Crippen molar-refractivity contribution < 1.29 is 9.02 Å². The molecule has 0 fully saturated rings. The van der Waals surface area contributed by atoms with Gasteiger partial charge in [0, 0.05) is 6.54 Å². The lowest BCUT2D eigenvalue weighted by atomic mass is 10.5. The summed E-state index contributed by atoms with van der Waals surface area (Å²) in [7, 11) is 1.89. The van der Waals surface area contributed by atoms with Gasteiger partial charge in [-0.3, -0.25) is 0 Å². The van der Waals surface area contributed by atoms with Crippen LogP contribution in [0.15, 0.2) is 0 Å². The second kappa shape index (κ2) is 9.63. The number of likely N-dealkylation sites (N-methyl/N-ethyl adjacent to an activating group) is 1. The van der Waals surface area contributed by atoms with E-state index in [1.54, 1.807) is 0 Å². The van der Waals surface area contributed by atoms with E-state index in [1.807, 2.05) is 25.2 Å². The third-order valence-electron chi connectivity index (χ3n) is 1.03. The van der Waals surface area contributed by atoms with Crippen molar-refractivity contribution in [3.63, 3.8) is 0 Å². The van der Waals surface area contributed by atoms with E-state index >= 15 is 0 Å². The summed E-state index contributed by atoms with van der Waals surface area (Å²) in [4.78, 5) is 0. The van der Waals surface area contributed by atoms with Crippen molar-refractivity contribution in [2.45, 2.75) is 20.0 Å². The van der Waals surface area contributed by atoms with Crippen LogP contribution in [0.4, 0.5) is 0 Å². The van der Waals surface area contributed by atoms with Gasteiger partial charge in [-0.25, -0.2) is 14.5 Å². The molecule has 2 N–H and O–H groups in total. The van der Waals surface area contributed by atoms with Crippen LogP contribution in [0, 0.1) is 0 Å². The first-order valence-electron chi connectivity index (χ1n) is 3.53. The second-order valence-corrected chi connectivity index (χ2v) is 3.41. The lowest BCUT2D eigenvalue weighted by Crippen LogP contribution is -2.19. The molecule has 0 rings (SSSR count). The molecule has 0 radical (unpaired) electrons. The molecule has 0 aromatic carbocycles. The highest BCUT2D eigenvalue weighted by Crippen LogP contribution is 2.03. The van der Waals surface area contributed by atoms with Gasteiger partial charge in [0.05, 0.1) is 12.7 Å². The summed E-state index contributed by atoms with van der Waals surface area (Å²) >= 11 is 1.11. The van der Waals surface area contributed by atoms with Gasteiger partial charge in [-0.1, -0.05) is 0 Å². The van der Waals surface area contributed by atoms with Crippen molar-refractivity contribution >= 4 is 25.7 Å². The zero-order valence-electron chi connectivity index (χ0n) is 7.74.